The number of fused-ring (bicyclic) bond motifs is 1. The lowest BCUT2D eigenvalue weighted by molar-refractivity contribution is -0.147. The topological polar surface area (TPSA) is 73.9 Å². The molecule has 1 aliphatic heterocycles. The molecule has 0 aromatic heterocycles. The second-order valence-corrected chi connectivity index (χ2v) is 5.62. The number of para-hydroxylation sites is 2. The standard InChI is InChI=1S/C19H19NO5/c21-18(10-14-6-2-1-3-7-14)20-11-19(22)24-13-15-12-23-16-8-4-5-9-17(16)25-15/h1-9,15H,10-13H2,(H,20,21)/t15-/m0/s1. The molecule has 1 atom stereocenters. The van der Waals surface area contributed by atoms with Gasteiger partial charge < -0.3 is 19.5 Å². The maximum absolute atomic E-state index is 11.8. The van der Waals surface area contributed by atoms with Gasteiger partial charge in [-0.05, 0) is 17.7 Å². The maximum atomic E-state index is 11.8. The van der Waals surface area contributed by atoms with Crippen molar-refractivity contribution in [3.63, 3.8) is 0 Å². The van der Waals surface area contributed by atoms with Crippen molar-refractivity contribution in [2.24, 2.45) is 0 Å². The molecular weight excluding hydrogens is 322 g/mol. The molecule has 0 saturated heterocycles. The third-order valence-corrected chi connectivity index (χ3v) is 3.64. The molecule has 0 saturated carbocycles. The molecule has 0 fully saturated rings. The molecule has 0 unspecified atom stereocenters. The first-order valence-electron chi connectivity index (χ1n) is 8.05. The van der Waals surface area contributed by atoms with Crippen LogP contribution in [0.15, 0.2) is 54.6 Å². The summed E-state index contributed by atoms with van der Waals surface area (Å²) in [5, 5.41) is 2.55. The van der Waals surface area contributed by atoms with E-state index in [-0.39, 0.29) is 31.6 Å². The molecule has 1 heterocycles. The van der Waals surface area contributed by atoms with Gasteiger partial charge in [0.2, 0.25) is 5.91 Å². The maximum Gasteiger partial charge on any atom is 0.325 e. The molecule has 0 radical (unpaired) electrons. The van der Waals surface area contributed by atoms with Gasteiger partial charge in [-0.3, -0.25) is 9.59 Å². The number of rotatable bonds is 6. The molecule has 130 valence electrons. The molecular formula is C19H19NO5. The number of amides is 1. The number of hydrogen-bond donors (Lipinski definition) is 1. The summed E-state index contributed by atoms with van der Waals surface area (Å²) in [6.45, 7) is 0.211. The van der Waals surface area contributed by atoms with Crippen LogP contribution in [0.4, 0.5) is 0 Å². The van der Waals surface area contributed by atoms with Crippen molar-refractivity contribution in [1.82, 2.24) is 5.32 Å². The molecule has 25 heavy (non-hydrogen) atoms. The third kappa shape index (κ3) is 4.97. The lowest BCUT2D eigenvalue weighted by Gasteiger charge is -2.26. The summed E-state index contributed by atoms with van der Waals surface area (Å²) < 4.78 is 16.4. The first-order chi connectivity index (χ1) is 12.2. The minimum Gasteiger partial charge on any atom is -0.486 e. The second kappa shape index (κ2) is 8.19. The van der Waals surface area contributed by atoms with E-state index in [0.29, 0.717) is 18.1 Å². The highest BCUT2D eigenvalue weighted by Crippen LogP contribution is 2.30. The molecule has 1 aliphatic rings. The minimum absolute atomic E-state index is 0.0712. The average molecular weight is 341 g/mol. The van der Waals surface area contributed by atoms with Crippen molar-refractivity contribution in [2.75, 3.05) is 19.8 Å². The average Bonchev–Trinajstić information content (AvgIpc) is 2.65. The largest absolute Gasteiger partial charge is 0.486 e. The lowest BCUT2D eigenvalue weighted by atomic mass is 10.1. The number of hydrogen-bond acceptors (Lipinski definition) is 5. The Bertz CT molecular complexity index is 732. The van der Waals surface area contributed by atoms with Crippen molar-refractivity contribution < 1.29 is 23.8 Å². The van der Waals surface area contributed by atoms with Crippen LogP contribution in [0.2, 0.25) is 0 Å². The van der Waals surface area contributed by atoms with Gasteiger partial charge in [-0.15, -0.1) is 0 Å². The van der Waals surface area contributed by atoms with Crippen LogP contribution >= 0.6 is 0 Å². The number of carbonyl (C=O) groups excluding carboxylic acids is 2. The summed E-state index contributed by atoms with van der Waals surface area (Å²) in [4.78, 5) is 23.6. The molecule has 0 bridgehead atoms. The fraction of sp³-hybridized carbons (Fsp3) is 0.263. The fourth-order valence-electron chi connectivity index (χ4n) is 2.40. The smallest absolute Gasteiger partial charge is 0.325 e. The normalized spacial score (nSPS) is 15.3. The highest BCUT2D eigenvalue weighted by atomic mass is 16.6. The molecule has 3 rings (SSSR count). The van der Waals surface area contributed by atoms with E-state index in [2.05, 4.69) is 5.32 Å². The van der Waals surface area contributed by atoms with Crippen molar-refractivity contribution in [2.45, 2.75) is 12.5 Å². The van der Waals surface area contributed by atoms with Crippen LogP contribution in [0.25, 0.3) is 0 Å². The summed E-state index contributed by atoms with van der Waals surface area (Å²) in [6, 6.07) is 16.6. The summed E-state index contributed by atoms with van der Waals surface area (Å²) in [7, 11) is 0. The Morgan fingerprint density at radius 1 is 1.04 bits per heavy atom. The minimum atomic E-state index is -0.510. The molecule has 6 heteroatoms. The van der Waals surface area contributed by atoms with Crippen LogP contribution in [0.1, 0.15) is 5.56 Å². The molecule has 1 amide bonds. The Kier molecular flexibility index (Phi) is 5.51. The van der Waals surface area contributed by atoms with E-state index in [1.54, 1.807) is 6.07 Å². The van der Waals surface area contributed by atoms with Gasteiger partial charge in [0.1, 0.15) is 19.8 Å². The van der Waals surface area contributed by atoms with Crippen molar-refractivity contribution in [3.05, 3.63) is 60.2 Å². The summed E-state index contributed by atoms with van der Waals surface area (Å²) >= 11 is 0. The highest BCUT2D eigenvalue weighted by Gasteiger charge is 2.22. The number of ether oxygens (including phenoxy) is 3. The highest BCUT2D eigenvalue weighted by molar-refractivity contribution is 5.83. The molecule has 2 aromatic carbocycles. The second-order valence-electron chi connectivity index (χ2n) is 5.62. The van der Waals surface area contributed by atoms with E-state index in [9.17, 15) is 9.59 Å². The molecule has 2 aromatic rings. The summed E-state index contributed by atoms with van der Waals surface area (Å²) in [5.41, 5.74) is 0.889. The fourth-order valence-corrected chi connectivity index (χ4v) is 2.40. The Labute approximate surface area is 145 Å². The van der Waals surface area contributed by atoms with E-state index in [1.807, 2.05) is 48.5 Å². The van der Waals surface area contributed by atoms with Crippen LogP contribution in [0.5, 0.6) is 11.5 Å². The van der Waals surface area contributed by atoms with E-state index in [4.69, 9.17) is 14.2 Å². The van der Waals surface area contributed by atoms with E-state index < -0.39 is 5.97 Å². The predicted molar refractivity (Wildman–Crippen MR) is 90.5 cm³/mol. The molecule has 6 nitrogen and oxygen atoms in total. The Balaban J connectivity index is 1.37. The van der Waals surface area contributed by atoms with E-state index in [1.165, 1.54) is 0 Å². The van der Waals surface area contributed by atoms with E-state index >= 15 is 0 Å². The van der Waals surface area contributed by atoms with Gasteiger partial charge >= 0.3 is 5.97 Å². The molecule has 0 aliphatic carbocycles. The quantitative estimate of drug-likeness (QED) is 0.810. The van der Waals surface area contributed by atoms with Gasteiger partial charge in [-0.1, -0.05) is 42.5 Å². The van der Waals surface area contributed by atoms with Crippen LogP contribution in [0.3, 0.4) is 0 Å². The van der Waals surface area contributed by atoms with Crippen LogP contribution in [-0.4, -0.2) is 37.7 Å². The van der Waals surface area contributed by atoms with Crippen LogP contribution in [-0.2, 0) is 20.7 Å². The zero-order valence-electron chi connectivity index (χ0n) is 13.6. The Morgan fingerprint density at radius 3 is 2.56 bits per heavy atom. The van der Waals surface area contributed by atoms with E-state index in [0.717, 1.165) is 5.56 Å². The zero-order valence-corrected chi connectivity index (χ0v) is 13.6. The van der Waals surface area contributed by atoms with Gasteiger partial charge in [-0.2, -0.15) is 0 Å². The number of carbonyl (C=O) groups is 2. The Hall–Kier alpha value is -3.02. The van der Waals surface area contributed by atoms with Gasteiger partial charge in [0.05, 0.1) is 6.42 Å². The zero-order chi connectivity index (χ0) is 17.5. The molecule has 1 N–H and O–H groups in total. The lowest BCUT2D eigenvalue weighted by Crippen LogP contribution is -2.37. The number of benzene rings is 2. The summed E-state index contributed by atoms with van der Waals surface area (Å²) in [5.74, 6) is 0.572. The van der Waals surface area contributed by atoms with Gasteiger partial charge in [0, 0.05) is 0 Å². The number of nitrogens with one attached hydrogen (secondary N) is 1. The van der Waals surface area contributed by atoms with Crippen LogP contribution < -0.4 is 14.8 Å². The first-order valence-corrected chi connectivity index (χ1v) is 8.05. The first kappa shape index (κ1) is 16.8. The SMILES string of the molecule is O=C(Cc1ccccc1)NCC(=O)OC[C@@H]1COc2ccccc2O1. The van der Waals surface area contributed by atoms with Crippen molar-refractivity contribution in [3.8, 4) is 11.5 Å². The number of esters is 1. The predicted octanol–water partition coefficient (Wildman–Crippen LogP) is 1.73. The van der Waals surface area contributed by atoms with Gasteiger partial charge in [0.25, 0.3) is 0 Å². The van der Waals surface area contributed by atoms with Crippen molar-refractivity contribution >= 4 is 11.9 Å². The Morgan fingerprint density at radius 2 is 1.76 bits per heavy atom. The van der Waals surface area contributed by atoms with Crippen LogP contribution in [0, 0.1) is 0 Å². The van der Waals surface area contributed by atoms with Gasteiger partial charge in [-0.25, -0.2) is 0 Å². The summed E-state index contributed by atoms with van der Waals surface area (Å²) in [6.07, 6.45) is -0.135. The van der Waals surface area contributed by atoms with Gasteiger partial charge in [0.15, 0.2) is 17.6 Å². The van der Waals surface area contributed by atoms with Crippen molar-refractivity contribution in [1.29, 1.82) is 0 Å². The molecule has 0 spiro atoms. The monoisotopic (exact) mass is 341 g/mol. The third-order valence-electron chi connectivity index (χ3n) is 3.64.